The standard InChI is InChI=1S/C15H15FN2O3/c1-18(2)14(19)9-17-15(20)13-8-7-12(21-13)10-3-5-11(16)6-4-10/h3-8H,9H2,1-2H3,(H,17,20). The SMILES string of the molecule is CN(C)C(=O)CNC(=O)c1ccc(-c2ccc(F)cc2)o1. The summed E-state index contributed by atoms with van der Waals surface area (Å²) in [5.74, 6) is -0.474. The third kappa shape index (κ3) is 3.68. The molecule has 0 aliphatic rings. The average molecular weight is 290 g/mol. The van der Waals surface area contributed by atoms with E-state index in [-0.39, 0.29) is 24.0 Å². The van der Waals surface area contributed by atoms with Crippen molar-refractivity contribution in [3.8, 4) is 11.3 Å². The molecule has 110 valence electrons. The second-order valence-corrected chi connectivity index (χ2v) is 4.64. The van der Waals surface area contributed by atoms with Crippen molar-refractivity contribution in [2.45, 2.75) is 0 Å². The van der Waals surface area contributed by atoms with Gasteiger partial charge in [-0.1, -0.05) is 0 Å². The Hall–Kier alpha value is -2.63. The fraction of sp³-hybridized carbons (Fsp3) is 0.200. The molecule has 1 aromatic carbocycles. The van der Waals surface area contributed by atoms with Crippen LogP contribution in [0.1, 0.15) is 10.6 Å². The molecule has 0 aliphatic carbocycles. The molecule has 1 N–H and O–H groups in total. The van der Waals surface area contributed by atoms with E-state index in [4.69, 9.17) is 4.42 Å². The zero-order chi connectivity index (χ0) is 15.4. The first kappa shape index (κ1) is 14.8. The highest BCUT2D eigenvalue weighted by Gasteiger charge is 2.14. The van der Waals surface area contributed by atoms with E-state index in [0.717, 1.165) is 0 Å². The van der Waals surface area contributed by atoms with Crippen LogP contribution in [0.3, 0.4) is 0 Å². The fourth-order valence-electron chi connectivity index (χ4n) is 1.63. The van der Waals surface area contributed by atoms with Gasteiger partial charge in [0.15, 0.2) is 5.76 Å². The predicted molar refractivity (Wildman–Crippen MR) is 75.1 cm³/mol. The van der Waals surface area contributed by atoms with Crippen LogP contribution in [0, 0.1) is 5.82 Å². The highest BCUT2D eigenvalue weighted by molar-refractivity contribution is 5.94. The third-order valence-corrected chi connectivity index (χ3v) is 2.86. The zero-order valence-electron chi connectivity index (χ0n) is 11.7. The summed E-state index contributed by atoms with van der Waals surface area (Å²) in [6.45, 7) is -0.0988. The minimum Gasteiger partial charge on any atom is -0.451 e. The number of carbonyl (C=O) groups excluding carboxylic acids is 2. The number of carbonyl (C=O) groups is 2. The number of amides is 2. The van der Waals surface area contributed by atoms with E-state index in [2.05, 4.69) is 5.32 Å². The second kappa shape index (κ2) is 6.21. The molecule has 0 bridgehead atoms. The van der Waals surface area contributed by atoms with E-state index in [0.29, 0.717) is 11.3 Å². The first-order chi connectivity index (χ1) is 9.97. The predicted octanol–water partition coefficient (Wildman–Crippen LogP) is 1.90. The van der Waals surface area contributed by atoms with Crippen LogP contribution >= 0.6 is 0 Å². The molecule has 0 saturated heterocycles. The second-order valence-electron chi connectivity index (χ2n) is 4.64. The Labute approximate surface area is 121 Å². The van der Waals surface area contributed by atoms with Crippen LogP contribution in [-0.4, -0.2) is 37.4 Å². The molecule has 2 rings (SSSR count). The number of halogens is 1. The molecule has 6 heteroatoms. The Morgan fingerprint density at radius 3 is 2.43 bits per heavy atom. The number of nitrogens with zero attached hydrogens (tertiary/aromatic N) is 1. The van der Waals surface area contributed by atoms with Gasteiger partial charge in [-0.3, -0.25) is 9.59 Å². The lowest BCUT2D eigenvalue weighted by molar-refractivity contribution is -0.127. The summed E-state index contributed by atoms with van der Waals surface area (Å²) in [7, 11) is 3.21. The number of hydrogen-bond acceptors (Lipinski definition) is 3. The number of nitrogens with one attached hydrogen (secondary N) is 1. The topological polar surface area (TPSA) is 62.6 Å². The Morgan fingerprint density at radius 1 is 1.14 bits per heavy atom. The largest absolute Gasteiger partial charge is 0.451 e. The minimum atomic E-state index is -0.474. The number of likely N-dealkylation sites (N-methyl/N-ethyl adjacent to an activating group) is 1. The van der Waals surface area contributed by atoms with E-state index >= 15 is 0 Å². The highest BCUT2D eigenvalue weighted by Crippen LogP contribution is 2.22. The van der Waals surface area contributed by atoms with Gasteiger partial charge in [-0.15, -0.1) is 0 Å². The third-order valence-electron chi connectivity index (χ3n) is 2.86. The molecule has 0 saturated carbocycles. The van der Waals surface area contributed by atoms with E-state index in [9.17, 15) is 14.0 Å². The van der Waals surface area contributed by atoms with Gasteiger partial charge in [-0.2, -0.15) is 0 Å². The van der Waals surface area contributed by atoms with Crippen molar-refractivity contribution in [3.05, 3.63) is 48.0 Å². The molecule has 2 amide bonds. The van der Waals surface area contributed by atoms with E-state index < -0.39 is 5.91 Å². The fourth-order valence-corrected chi connectivity index (χ4v) is 1.63. The van der Waals surface area contributed by atoms with Gasteiger partial charge >= 0.3 is 0 Å². The summed E-state index contributed by atoms with van der Waals surface area (Å²) in [5.41, 5.74) is 0.666. The summed E-state index contributed by atoms with van der Waals surface area (Å²) < 4.78 is 18.3. The lowest BCUT2D eigenvalue weighted by atomic mass is 10.2. The highest BCUT2D eigenvalue weighted by atomic mass is 19.1. The van der Waals surface area contributed by atoms with Gasteiger partial charge in [0, 0.05) is 19.7 Å². The average Bonchev–Trinajstić information content (AvgIpc) is 2.94. The lowest BCUT2D eigenvalue weighted by Gasteiger charge is -2.10. The Kier molecular flexibility index (Phi) is 4.37. The van der Waals surface area contributed by atoms with Gasteiger partial charge in [0.25, 0.3) is 5.91 Å². The zero-order valence-corrected chi connectivity index (χ0v) is 11.7. The monoisotopic (exact) mass is 290 g/mol. The van der Waals surface area contributed by atoms with Crippen molar-refractivity contribution in [1.29, 1.82) is 0 Å². The molecule has 2 aromatic rings. The summed E-state index contributed by atoms with van der Waals surface area (Å²) >= 11 is 0. The maximum Gasteiger partial charge on any atom is 0.287 e. The molecule has 0 fully saturated rings. The first-order valence-electron chi connectivity index (χ1n) is 6.31. The Balaban J connectivity index is 2.04. The maximum atomic E-state index is 12.8. The van der Waals surface area contributed by atoms with Crippen LogP contribution in [0.15, 0.2) is 40.8 Å². The maximum absolute atomic E-state index is 12.8. The Morgan fingerprint density at radius 2 is 1.81 bits per heavy atom. The molecule has 0 unspecified atom stereocenters. The summed E-state index contributed by atoms with van der Waals surface area (Å²) in [5, 5.41) is 2.47. The van der Waals surface area contributed by atoms with Gasteiger partial charge in [-0.25, -0.2) is 4.39 Å². The van der Waals surface area contributed by atoms with Crippen molar-refractivity contribution in [3.63, 3.8) is 0 Å². The van der Waals surface area contributed by atoms with Crippen molar-refractivity contribution in [2.75, 3.05) is 20.6 Å². The van der Waals surface area contributed by atoms with E-state index in [1.807, 2.05) is 0 Å². The van der Waals surface area contributed by atoms with Crippen LogP contribution in [0.2, 0.25) is 0 Å². The van der Waals surface area contributed by atoms with Crippen LogP contribution in [0.5, 0.6) is 0 Å². The molecule has 0 aliphatic heterocycles. The van der Waals surface area contributed by atoms with Crippen molar-refractivity contribution in [2.24, 2.45) is 0 Å². The normalized spacial score (nSPS) is 10.2. The molecule has 0 atom stereocenters. The van der Waals surface area contributed by atoms with Crippen molar-refractivity contribution in [1.82, 2.24) is 10.2 Å². The van der Waals surface area contributed by atoms with Crippen LogP contribution in [0.4, 0.5) is 4.39 Å². The number of furan rings is 1. The van der Waals surface area contributed by atoms with Crippen LogP contribution in [-0.2, 0) is 4.79 Å². The van der Waals surface area contributed by atoms with Gasteiger partial charge in [-0.05, 0) is 36.4 Å². The van der Waals surface area contributed by atoms with Crippen molar-refractivity contribution >= 4 is 11.8 Å². The molecule has 21 heavy (non-hydrogen) atoms. The van der Waals surface area contributed by atoms with Gasteiger partial charge < -0.3 is 14.6 Å². The minimum absolute atomic E-state index is 0.0980. The first-order valence-corrected chi connectivity index (χ1v) is 6.31. The lowest BCUT2D eigenvalue weighted by Crippen LogP contribution is -2.36. The van der Waals surface area contributed by atoms with Gasteiger partial charge in [0.1, 0.15) is 11.6 Å². The quantitative estimate of drug-likeness (QED) is 0.935. The summed E-state index contributed by atoms with van der Waals surface area (Å²) in [4.78, 5) is 24.6. The van der Waals surface area contributed by atoms with Gasteiger partial charge in [0.05, 0.1) is 6.54 Å². The summed E-state index contributed by atoms with van der Waals surface area (Å²) in [6, 6.07) is 8.88. The molecular formula is C15H15FN2O3. The summed E-state index contributed by atoms with van der Waals surface area (Å²) in [6.07, 6.45) is 0. The molecule has 0 spiro atoms. The number of hydrogen-bond donors (Lipinski definition) is 1. The van der Waals surface area contributed by atoms with Gasteiger partial charge in [0.2, 0.25) is 5.91 Å². The molecule has 1 aromatic heterocycles. The molecular weight excluding hydrogens is 275 g/mol. The van der Waals surface area contributed by atoms with Crippen LogP contribution < -0.4 is 5.32 Å². The van der Waals surface area contributed by atoms with Crippen molar-refractivity contribution < 1.29 is 18.4 Å². The molecule has 1 heterocycles. The molecule has 5 nitrogen and oxygen atoms in total. The number of rotatable bonds is 4. The van der Waals surface area contributed by atoms with E-state index in [1.54, 1.807) is 32.3 Å². The Bertz CT molecular complexity index is 647. The van der Waals surface area contributed by atoms with E-state index in [1.165, 1.54) is 23.1 Å². The number of benzene rings is 1. The molecule has 0 radical (unpaired) electrons. The van der Waals surface area contributed by atoms with Crippen LogP contribution in [0.25, 0.3) is 11.3 Å². The smallest absolute Gasteiger partial charge is 0.287 e.